The normalized spacial score (nSPS) is 18.4. The third kappa shape index (κ3) is 2.76. The van der Waals surface area contributed by atoms with Crippen LogP contribution in [-0.2, 0) is 4.79 Å². The van der Waals surface area contributed by atoms with E-state index in [9.17, 15) is 9.59 Å². The van der Waals surface area contributed by atoms with Gasteiger partial charge in [0.2, 0.25) is 0 Å². The van der Waals surface area contributed by atoms with Crippen molar-refractivity contribution in [2.75, 3.05) is 11.9 Å². The number of likely N-dealkylation sites (N-methyl/N-ethyl adjacent to an activating group) is 1. The number of hydrogen-bond acceptors (Lipinski definition) is 3. The molecule has 5 nitrogen and oxygen atoms in total. The lowest BCUT2D eigenvalue weighted by atomic mass is 10.1. The van der Waals surface area contributed by atoms with Crippen molar-refractivity contribution in [1.29, 1.82) is 0 Å². The van der Waals surface area contributed by atoms with Crippen molar-refractivity contribution in [3.05, 3.63) is 23.8 Å². The van der Waals surface area contributed by atoms with Crippen molar-refractivity contribution < 1.29 is 14.3 Å². The van der Waals surface area contributed by atoms with Gasteiger partial charge in [-0.25, -0.2) is 0 Å². The van der Waals surface area contributed by atoms with E-state index < -0.39 is 6.10 Å². The quantitative estimate of drug-likeness (QED) is 0.853. The zero-order valence-corrected chi connectivity index (χ0v) is 12.5. The minimum Gasteiger partial charge on any atom is -0.479 e. The summed E-state index contributed by atoms with van der Waals surface area (Å²) in [5, 5.41) is 2.90. The SMILES string of the molecule is CC1Oc2cc(C(=O)NC(C)(C)C)ccc2N(C)C1=O. The van der Waals surface area contributed by atoms with E-state index in [1.807, 2.05) is 20.8 Å². The Bertz CT molecular complexity index is 561. The molecular weight excluding hydrogens is 256 g/mol. The van der Waals surface area contributed by atoms with E-state index in [2.05, 4.69) is 5.32 Å². The van der Waals surface area contributed by atoms with Crippen LogP contribution in [0.4, 0.5) is 5.69 Å². The molecule has 2 amide bonds. The standard InChI is InChI=1S/C15H20N2O3/c1-9-14(19)17(5)11-7-6-10(8-12(11)20-9)13(18)16-15(2,3)4/h6-9H,1-5H3,(H,16,18). The highest BCUT2D eigenvalue weighted by molar-refractivity contribution is 6.01. The summed E-state index contributed by atoms with van der Waals surface area (Å²) in [5.41, 5.74) is 0.905. The molecule has 0 saturated carbocycles. The molecule has 0 aromatic heterocycles. The summed E-state index contributed by atoms with van der Waals surface area (Å²) in [6.07, 6.45) is -0.534. The molecule has 1 aliphatic rings. The van der Waals surface area contributed by atoms with Gasteiger partial charge < -0.3 is 15.0 Å². The highest BCUT2D eigenvalue weighted by atomic mass is 16.5. The van der Waals surface area contributed by atoms with Gasteiger partial charge in [-0.15, -0.1) is 0 Å². The maximum atomic E-state index is 12.1. The number of hydrogen-bond donors (Lipinski definition) is 1. The lowest BCUT2D eigenvalue weighted by molar-refractivity contribution is -0.125. The third-order valence-electron chi connectivity index (χ3n) is 3.05. The summed E-state index contributed by atoms with van der Waals surface area (Å²) in [4.78, 5) is 25.5. The van der Waals surface area contributed by atoms with Crippen LogP contribution in [0.5, 0.6) is 5.75 Å². The Morgan fingerprint density at radius 3 is 2.60 bits per heavy atom. The summed E-state index contributed by atoms with van der Waals surface area (Å²) >= 11 is 0. The molecule has 1 atom stereocenters. The van der Waals surface area contributed by atoms with E-state index in [-0.39, 0.29) is 17.4 Å². The minimum atomic E-state index is -0.534. The molecule has 0 aliphatic carbocycles. The fourth-order valence-electron chi connectivity index (χ4n) is 2.07. The largest absolute Gasteiger partial charge is 0.479 e. The van der Waals surface area contributed by atoms with E-state index in [4.69, 9.17) is 4.74 Å². The third-order valence-corrected chi connectivity index (χ3v) is 3.05. The molecule has 108 valence electrons. The summed E-state index contributed by atoms with van der Waals surface area (Å²) in [6, 6.07) is 5.11. The van der Waals surface area contributed by atoms with Crippen LogP contribution in [-0.4, -0.2) is 30.5 Å². The Kier molecular flexibility index (Phi) is 3.46. The van der Waals surface area contributed by atoms with Gasteiger partial charge in [0.05, 0.1) is 5.69 Å². The van der Waals surface area contributed by atoms with Gasteiger partial charge in [-0.3, -0.25) is 9.59 Å². The van der Waals surface area contributed by atoms with E-state index >= 15 is 0 Å². The van der Waals surface area contributed by atoms with Crippen molar-refractivity contribution in [2.45, 2.75) is 39.3 Å². The molecule has 2 rings (SSSR count). The molecule has 0 spiro atoms. The van der Waals surface area contributed by atoms with Gasteiger partial charge in [0.25, 0.3) is 11.8 Å². The molecular formula is C15H20N2O3. The van der Waals surface area contributed by atoms with E-state index in [1.54, 1.807) is 37.1 Å². The molecule has 1 aliphatic heterocycles. The van der Waals surface area contributed by atoms with Crippen molar-refractivity contribution in [2.24, 2.45) is 0 Å². The zero-order chi connectivity index (χ0) is 15.1. The van der Waals surface area contributed by atoms with Crippen molar-refractivity contribution in [3.8, 4) is 5.75 Å². The predicted molar refractivity (Wildman–Crippen MR) is 77.2 cm³/mol. The Morgan fingerprint density at radius 2 is 2.00 bits per heavy atom. The summed E-state index contributed by atoms with van der Waals surface area (Å²) in [6.45, 7) is 7.47. The molecule has 1 N–H and O–H groups in total. The fraction of sp³-hybridized carbons (Fsp3) is 0.467. The Labute approximate surface area is 118 Å². The second-order valence-corrected chi connectivity index (χ2v) is 6.04. The van der Waals surface area contributed by atoms with Gasteiger partial charge in [-0.05, 0) is 45.9 Å². The monoisotopic (exact) mass is 276 g/mol. The molecule has 1 aromatic carbocycles. The number of nitrogens with zero attached hydrogens (tertiary/aromatic N) is 1. The topological polar surface area (TPSA) is 58.6 Å². The van der Waals surface area contributed by atoms with Gasteiger partial charge >= 0.3 is 0 Å². The first-order valence-corrected chi connectivity index (χ1v) is 6.60. The van der Waals surface area contributed by atoms with Crippen LogP contribution in [0, 0.1) is 0 Å². The van der Waals surface area contributed by atoms with Crippen LogP contribution in [0.25, 0.3) is 0 Å². The maximum absolute atomic E-state index is 12.1. The van der Waals surface area contributed by atoms with Gasteiger partial charge in [0.1, 0.15) is 5.75 Å². The van der Waals surface area contributed by atoms with Crippen LogP contribution in [0.15, 0.2) is 18.2 Å². The lowest BCUT2D eigenvalue weighted by Gasteiger charge is -2.30. The molecule has 0 bridgehead atoms. The molecule has 1 aromatic rings. The highest BCUT2D eigenvalue weighted by Gasteiger charge is 2.29. The molecule has 0 radical (unpaired) electrons. The Morgan fingerprint density at radius 1 is 1.35 bits per heavy atom. The zero-order valence-electron chi connectivity index (χ0n) is 12.5. The van der Waals surface area contributed by atoms with E-state index in [1.165, 1.54) is 0 Å². The number of fused-ring (bicyclic) bond motifs is 1. The number of nitrogens with one attached hydrogen (secondary N) is 1. The molecule has 0 fully saturated rings. The molecule has 0 saturated heterocycles. The number of carbonyl (C=O) groups is 2. The first-order valence-electron chi connectivity index (χ1n) is 6.60. The second kappa shape index (κ2) is 4.81. The number of carbonyl (C=O) groups excluding carboxylic acids is 2. The van der Waals surface area contributed by atoms with Crippen molar-refractivity contribution >= 4 is 17.5 Å². The van der Waals surface area contributed by atoms with Gasteiger partial charge in [-0.2, -0.15) is 0 Å². The Hall–Kier alpha value is -2.04. The van der Waals surface area contributed by atoms with Gasteiger partial charge in [0.15, 0.2) is 6.10 Å². The Balaban J connectivity index is 2.31. The summed E-state index contributed by atoms with van der Waals surface area (Å²) in [7, 11) is 1.70. The number of rotatable bonds is 1. The molecule has 1 heterocycles. The average molecular weight is 276 g/mol. The average Bonchev–Trinajstić information content (AvgIpc) is 2.33. The number of benzene rings is 1. The van der Waals surface area contributed by atoms with Crippen molar-refractivity contribution in [1.82, 2.24) is 5.32 Å². The van der Waals surface area contributed by atoms with Gasteiger partial charge in [0, 0.05) is 18.2 Å². The van der Waals surface area contributed by atoms with Crippen LogP contribution >= 0.6 is 0 Å². The van der Waals surface area contributed by atoms with Crippen LogP contribution in [0.2, 0.25) is 0 Å². The predicted octanol–water partition coefficient (Wildman–Crippen LogP) is 1.96. The van der Waals surface area contributed by atoms with Crippen LogP contribution in [0.1, 0.15) is 38.1 Å². The molecule has 5 heteroatoms. The number of ether oxygens (including phenoxy) is 1. The number of amides is 2. The van der Waals surface area contributed by atoms with Gasteiger partial charge in [-0.1, -0.05) is 0 Å². The molecule has 1 unspecified atom stereocenters. The summed E-state index contributed by atoms with van der Waals surface area (Å²) < 4.78 is 5.56. The van der Waals surface area contributed by atoms with Crippen LogP contribution in [0.3, 0.4) is 0 Å². The van der Waals surface area contributed by atoms with E-state index in [0.29, 0.717) is 17.0 Å². The van der Waals surface area contributed by atoms with E-state index in [0.717, 1.165) is 0 Å². The fourth-order valence-corrected chi connectivity index (χ4v) is 2.07. The number of anilines is 1. The van der Waals surface area contributed by atoms with Crippen molar-refractivity contribution in [3.63, 3.8) is 0 Å². The minimum absolute atomic E-state index is 0.0932. The lowest BCUT2D eigenvalue weighted by Crippen LogP contribution is -2.42. The first-order chi connectivity index (χ1) is 9.19. The smallest absolute Gasteiger partial charge is 0.267 e. The first kappa shape index (κ1) is 14.4. The second-order valence-electron chi connectivity index (χ2n) is 6.04. The molecule has 20 heavy (non-hydrogen) atoms. The summed E-state index contributed by atoms with van der Waals surface area (Å²) in [5.74, 6) is 0.307. The van der Waals surface area contributed by atoms with Crippen LogP contribution < -0.4 is 15.0 Å². The maximum Gasteiger partial charge on any atom is 0.267 e. The highest BCUT2D eigenvalue weighted by Crippen LogP contribution is 2.33.